The number of hydrogen-bond donors (Lipinski definition) is 0. The molecule has 0 N–H and O–H groups in total. The lowest BCUT2D eigenvalue weighted by molar-refractivity contribution is 0.257. The molecular formula is C18H19ClN2. The number of hydrogen-bond acceptors (Lipinski definition) is 2. The zero-order valence-corrected chi connectivity index (χ0v) is 13.1. The first-order chi connectivity index (χ1) is 10.1. The topological polar surface area (TPSA) is 27.0 Å². The molecule has 2 nitrogen and oxygen atoms in total. The lowest BCUT2D eigenvalue weighted by Gasteiger charge is -2.27. The molecule has 0 amide bonds. The van der Waals surface area contributed by atoms with Gasteiger partial charge in [-0.1, -0.05) is 54.1 Å². The summed E-state index contributed by atoms with van der Waals surface area (Å²) in [5.41, 5.74) is 2.27. The highest BCUT2D eigenvalue weighted by molar-refractivity contribution is 6.30. The van der Waals surface area contributed by atoms with E-state index in [0.29, 0.717) is 6.54 Å². The molecule has 0 saturated heterocycles. The van der Waals surface area contributed by atoms with Crippen LogP contribution in [0.15, 0.2) is 54.6 Å². The third kappa shape index (κ3) is 4.07. The van der Waals surface area contributed by atoms with Gasteiger partial charge in [0.2, 0.25) is 0 Å². The molecule has 108 valence electrons. The predicted molar refractivity (Wildman–Crippen MR) is 87.3 cm³/mol. The molecule has 3 heteroatoms. The largest absolute Gasteiger partial charge is 0.298 e. The average Bonchev–Trinajstić information content (AvgIpc) is 2.53. The van der Waals surface area contributed by atoms with Crippen LogP contribution in [0.5, 0.6) is 0 Å². The van der Waals surface area contributed by atoms with Crippen LogP contribution in [0.25, 0.3) is 0 Å². The summed E-state index contributed by atoms with van der Waals surface area (Å²) < 4.78 is 0. The average molecular weight is 299 g/mol. The van der Waals surface area contributed by atoms with Crippen molar-refractivity contribution in [3.8, 4) is 6.07 Å². The Morgan fingerprint density at radius 3 is 2.24 bits per heavy atom. The Kier molecular flexibility index (Phi) is 5.38. The van der Waals surface area contributed by atoms with Crippen molar-refractivity contribution in [2.45, 2.75) is 18.9 Å². The number of halogens is 1. The molecule has 0 aliphatic heterocycles. The maximum atomic E-state index is 9.42. The van der Waals surface area contributed by atoms with E-state index in [1.54, 1.807) is 0 Å². The Labute approximate surface area is 131 Å². The Hall–Kier alpha value is -1.82. The smallest absolute Gasteiger partial charge is 0.0839 e. The van der Waals surface area contributed by atoms with Crippen LogP contribution in [0.3, 0.4) is 0 Å². The molecule has 2 unspecified atom stereocenters. The summed E-state index contributed by atoms with van der Waals surface area (Å²) in [6.45, 7) is 2.84. The first kappa shape index (κ1) is 15.6. The summed E-state index contributed by atoms with van der Waals surface area (Å²) in [6, 6.07) is 20.5. The second-order valence-electron chi connectivity index (χ2n) is 5.26. The van der Waals surface area contributed by atoms with E-state index in [9.17, 15) is 5.26 Å². The fourth-order valence-electron chi connectivity index (χ4n) is 2.35. The van der Waals surface area contributed by atoms with Gasteiger partial charge in [0.05, 0.1) is 12.0 Å². The summed E-state index contributed by atoms with van der Waals surface area (Å²) >= 11 is 5.93. The zero-order chi connectivity index (χ0) is 15.2. The van der Waals surface area contributed by atoms with E-state index >= 15 is 0 Å². The lowest BCUT2D eigenvalue weighted by atomic mass is 9.99. The van der Waals surface area contributed by atoms with Crippen molar-refractivity contribution in [2.75, 3.05) is 13.6 Å². The van der Waals surface area contributed by atoms with Crippen LogP contribution in [0.4, 0.5) is 0 Å². The molecule has 0 heterocycles. The van der Waals surface area contributed by atoms with E-state index in [4.69, 9.17) is 11.6 Å². The van der Waals surface area contributed by atoms with E-state index in [1.165, 1.54) is 5.56 Å². The summed E-state index contributed by atoms with van der Waals surface area (Å²) in [5, 5.41) is 10.2. The fraction of sp³-hybridized carbons (Fsp3) is 0.278. The van der Waals surface area contributed by atoms with Crippen LogP contribution in [-0.4, -0.2) is 18.5 Å². The quantitative estimate of drug-likeness (QED) is 0.804. The van der Waals surface area contributed by atoms with E-state index in [1.807, 2.05) is 61.6 Å². The molecule has 0 bridgehead atoms. The maximum absolute atomic E-state index is 9.42. The van der Waals surface area contributed by atoms with Crippen LogP contribution >= 0.6 is 11.6 Å². The fourth-order valence-corrected chi connectivity index (χ4v) is 2.47. The first-order valence-corrected chi connectivity index (χ1v) is 7.40. The van der Waals surface area contributed by atoms with Crippen molar-refractivity contribution in [3.63, 3.8) is 0 Å². The third-order valence-electron chi connectivity index (χ3n) is 3.84. The minimum absolute atomic E-state index is 0.119. The van der Waals surface area contributed by atoms with Crippen molar-refractivity contribution in [1.82, 2.24) is 4.90 Å². The standard InChI is InChI=1S/C18H19ClN2/c1-14(15-8-10-18(19)11-9-15)21(2)13-17(12-20)16-6-4-3-5-7-16/h3-11,14,17H,13H2,1-2H3. The Morgan fingerprint density at radius 2 is 1.67 bits per heavy atom. The van der Waals surface area contributed by atoms with Gasteiger partial charge in [0.25, 0.3) is 0 Å². The lowest BCUT2D eigenvalue weighted by Crippen LogP contribution is -2.27. The number of nitriles is 1. The summed E-state index contributed by atoms with van der Waals surface area (Å²) in [6.07, 6.45) is 0. The highest BCUT2D eigenvalue weighted by atomic mass is 35.5. The van der Waals surface area contributed by atoms with Gasteiger partial charge in [0, 0.05) is 17.6 Å². The second-order valence-corrected chi connectivity index (χ2v) is 5.70. The minimum atomic E-state index is -0.119. The van der Waals surface area contributed by atoms with Crippen LogP contribution in [-0.2, 0) is 0 Å². The van der Waals surface area contributed by atoms with Gasteiger partial charge in [-0.3, -0.25) is 4.90 Å². The van der Waals surface area contributed by atoms with Crippen molar-refractivity contribution >= 4 is 11.6 Å². The normalized spacial score (nSPS) is 13.7. The molecule has 2 rings (SSSR count). The molecule has 2 aromatic rings. The number of nitrogens with zero attached hydrogens (tertiary/aromatic N) is 2. The molecule has 0 aliphatic carbocycles. The van der Waals surface area contributed by atoms with Crippen LogP contribution < -0.4 is 0 Å². The molecule has 2 aromatic carbocycles. The van der Waals surface area contributed by atoms with Gasteiger partial charge in [0.15, 0.2) is 0 Å². The van der Waals surface area contributed by atoms with Crippen LogP contribution in [0.2, 0.25) is 5.02 Å². The summed E-state index contributed by atoms with van der Waals surface area (Å²) in [5.74, 6) is -0.119. The van der Waals surface area contributed by atoms with E-state index in [-0.39, 0.29) is 12.0 Å². The Bertz CT molecular complexity index is 601. The number of likely N-dealkylation sites (N-methyl/N-ethyl adjacent to an activating group) is 1. The molecular weight excluding hydrogens is 280 g/mol. The molecule has 2 atom stereocenters. The van der Waals surface area contributed by atoms with Gasteiger partial charge < -0.3 is 0 Å². The SMILES string of the molecule is CC(c1ccc(Cl)cc1)N(C)CC(C#N)c1ccccc1. The summed E-state index contributed by atoms with van der Waals surface area (Å²) in [4.78, 5) is 2.20. The Balaban J connectivity index is 2.07. The number of benzene rings is 2. The number of rotatable bonds is 5. The third-order valence-corrected chi connectivity index (χ3v) is 4.09. The molecule has 0 aliphatic rings. The molecule has 21 heavy (non-hydrogen) atoms. The maximum Gasteiger partial charge on any atom is 0.0839 e. The second kappa shape index (κ2) is 7.26. The van der Waals surface area contributed by atoms with Gasteiger partial charge in [-0.05, 0) is 37.2 Å². The van der Waals surface area contributed by atoms with E-state index in [0.717, 1.165) is 10.6 Å². The van der Waals surface area contributed by atoms with Gasteiger partial charge in [-0.2, -0.15) is 5.26 Å². The first-order valence-electron chi connectivity index (χ1n) is 7.02. The highest BCUT2D eigenvalue weighted by Gasteiger charge is 2.18. The van der Waals surface area contributed by atoms with Crippen molar-refractivity contribution < 1.29 is 0 Å². The van der Waals surface area contributed by atoms with Gasteiger partial charge >= 0.3 is 0 Å². The van der Waals surface area contributed by atoms with Crippen LogP contribution in [0, 0.1) is 11.3 Å². The van der Waals surface area contributed by atoms with Crippen molar-refractivity contribution in [1.29, 1.82) is 5.26 Å². The molecule has 0 aromatic heterocycles. The van der Waals surface area contributed by atoms with Gasteiger partial charge in [0.1, 0.15) is 0 Å². The highest BCUT2D eigenvalue weighted by Crippen LogP contribution is 2.24. The van der Waals surface area contributed by atoms with Crippen molar-refractivity contribution in [3.05, 3.63) is 70.7 Å². The van der Waals surface area contributed by atoms with Crippen molar-refractivity contribution in [2.24, 2.45) is 0 Å². The Morgan fingerprint density at radius 1 is 1.05 bits per heavy atom. The van der Waals surface area contributed by atoms with Crippen LogP contribution in [0.1, 0.15) is 30.0 Å². The predicted octanol–water partition coefficient (Wildman–Crippen LogP) is 4.64. The minimum Gasteiger partial charge on any atom is -0.298 e. The molecule has 0 saturated carbocycles. The molecule has 0 fully saturated rings. The van der Waals surface area contributed by atoms with E-state index < -0.39 is 0 Å². The summed E-state index contributed by atoms with van der Waals surface area (Å²) in [7, 11) is 2.05. The van der Waals surface area contributed by atoms with E-state index in [2.05, 4.69) is 17.9 Å². The monoisotopic (exact) mass is 298 g/mol. The zero-order valence-electron chi connectivity index (χ0n) is 12.3. The van der Waals surface area contributed by atoms with Gasteiger partial charge in [-0.15, -0.1) is 0 Å². The molecule has 0 radical (unpaired) electrons. The van der Waals surface area contributed by atoms with Gasteiger partial charge in [-0.25, -0.2) is 0 Å². The molecule has 0 spiro atoms.